The molecule has 1 saturated heterocycles. The number of hydrogen-bond acceptors (Lipinski definition) is 4. The van der Waals surface area contributed by atoms with Gasteiger partial charge in [0, 0.05) is 17.8 Å². The summed E-state index contributed by atoms with van der Waals surface area (Å²) in [5.74, 6) is -0.117. The summed E-state index contributed by atoms with van der Waals surface area (Å²) in [6.07, 6.45) is 4.00. The van der Waals surface area contributed by atoms with Crippen molar-refractivity contribution < 1.29 is 9.18 Å². The molecule has 0 saturated carbocycles. The molecule has 8 heteroatoms. The molecule has 140 valence electrons. The molecule has 0 spiro atoms. The van der Waals surface area contributed by atoms with E-state index >= 15 is 0 Å². The van der Waals surface area contributed by atoms with Crippen LogP contribution in [-0.2, 0) is 0 Å². The van der Waals surface area contributed by atoms with Crippen LogP contribution in [0.25, 0.3) is 11.3 Å². The lowest BCUT2D eigenvalue weighted by Gasteiger charge is -2.28. The van der Waals surface area contributed by atoms with Gasteiger partial charge in [-0.05, 0) is 63.3 Å². The second-order valence-corrected chi connectivity index (χ2v) is 6.84. The lowest BCUT2D eigenvalue weighted by molar-refractivity contribution is 0.102. The Hall–Kier alpha value is -3.00. The second-order valence-electron chi connectivity index (χ2n) is 6.84. The van der Waals surface area contributed by atoms with Crippen LogP contribution in [0.15, 0.2) is 42.6 Å². The summed E-state index contributed by atoms with van der Waals surface area (Å²) in [5.41, 5.74) is 1.64. The monoisotopic (exact) mass is 368 g/mol. The Kier molecular flexibility index (Phi) is 4.72. The molecular formula is C19H21FN6O. The number of piperidine rings is 1. The number of benzene rings is 1. The number of aromatic nitrogens is 4. The Morgan fingerprint density at radius 3 is 2.70 bits per heavy atom. The van der Waals surface area contributed by atoms with Gasteiger partial charge in [0.15, 0.2) is 5.82 Å². The molecule has 3 heterocycles. The van der Waals surface area contributed by atoms with E-state index in [0.29, 0.717) is 23.2 Å². The average molecular weight is 368 g/mol. The highest BCUT2D eigenvalue weighted by atomic mass is 19.1. The van der Waals surface area contributed by atoms with Crippen molar-refractivity contribution >= 4 is 11.7 Å². The minimum absolute atomic E-state index is 0.313. The van der Waals surface area contributed by atoms with Gasteiger partial charge in [0.1, 0.15) is 11.5 Å². The number of rotatable bonds is 4. The molecule has 2 N–H and O–H groups in total. The van der Waals surface area contributed by atoms with Crippen LogP contribution in [-0.4, -0.2) is 50.9 Å². The quantitative estimate of drug-likeness (QED) is 0.742. The van der Waals surface area contributed by atoms with Crippen LogP contribution in [0.3, 0.4) is 0 Å². The first-order valence-electron chi connectivity index (χ1n) is 8.95. The van der Waals surface area contributed by atoms with E-state index in [0.717, 1.165) is 31.5 Å². The molecule has 7 nitrogen and oxygen atoms in total. The summed E-state index contributed by atoms with van der Waals surface area (Å²) >= 11 is 0. The molecule has 1 aliphatic rings. The normalized spacial score (nSPS) is 15.8. The zero-order valence-electron chi connectivity index (χ0n) is 15.0. The zero-order valence-corrected chi connectivity index (χ0v) is 15.0. The summed E-state index contributed by atoms with van der Waals surface area (Å²) in [6, 6.07) is 9.76. The van der Waals surface area contributed by atoms with Crippen molar-refractivity contribution in [1.29, 1.82) is 0 Å². The minimum atomic E-state index is -0.315. The number of aromatic amines is 1. The Bertz CT molecular complexity index is 924. The fourth-order valence-electron chi connectivity index (χ4n) is 3.26. The van der Waals surface area contributed by atoms with E-state index in [1.165, 1.54) is 12.1 Å². The Morgan fingerprint density at radius 1 is 1.22 bits per heavy atom. The van der Waals surface area contributed by atoms with E-state index in [1.807, 2.05) is 10.9 Å². The van der Waals surface area contributed by atoms with Gasteiger partial charge in [-0.25, -0.2) is 4.39 Å². The predicted octanol–water partition coefficient (Wildman–Crippen LogP) is 2.93. The lowest BCUT2D eigenvalue weighted by atomic mass is 10.1. The SMILES string of the molecule is CN1CCC(n2ccc(NC(=O)c3cc(-c4ccc(F)cc4)n[nH]3)n2)CC1. The van der Waals surface area contributed by atoms with Crippen molar-refractivity contribution in [1.82, 2.24) is 24.9 Å². The second kappa shape index (κ2) is 7.32. The van der Waals surface area contributed by atoms with Crippen molar-refractivity contribution in [3.63, 3.8) is 0 Å². The van der Waals surface area contributed by atoms with Crippen molar-refractivity contribution in [2.75, 3.05) is 25.5 Å². The molecule has 0 unspecified atom stereocenters. The number of nitrogens with zero attached hydrogens (tertiary/aromatic N) is 4. The van der Waals surface area contributed by atoms with Gasteiger partial charge in [0.05, 0.1) is 11.7 Å². The summed E-state index contributed by atoms with van der Waals surface area (Å²) in [7, 11) is 2.12. The third-order valence-electron chi connectivity index (χ3n) is 4.87. The highest BCUT2D eigenvalue weighted by molar-refractivity contribution is 6.02. The fourth-order valence-corrected chi connectivity index (χ4v) is 3.26. The Balaban J connectivity index is 1.42. The third-order valence-corrected chi connectivity index (χ3v) is 4.87. The first-order chi connectivity index (χ1) is 13.1. The van der Waals surface area contributed by atoms with Gasteiger partial charge in [-0.2, -0.15) is 10.2 Å². The number of carbonyl (C=O) groups is 1. The molecule has 1 aromatic carbocycles. The van der Waals surface area contributed by atoms with Gasteiger partial charge < -0.3 is 10.2 Å². The molecule has 27 heavy (non-hydrogen) atoms. The molecule has 2 aromatic heterocycles. The Morgan fingerprint density at radius 2 is 1.96 bits per heavy atom. The largest absolute Gasteiger partial charge is 0.306 e. The smallest absolute Gasteiger partial charge is 0.274 e. The van der Waals surface area contributed by atoms with Gasteiger partial charge >= 0.3 is 0 Å². The standard InChI is InChI=1S/C19H21FN6O/c1-25-9-6-15(7-10-25)26-11-8-18(24-26)21-19(27)17-12-16(22-23-17)13-2-4-14(20)5-3-13/h2-5,8,11-12,15H,6-7,9-10H2,1H3,(H,22,23)(H,21,24,27). The topological polar surface area (TPSA) is 78.8 Å². The maximum absolute atomic E-state index is 13.0. The molecule has 4 rings (SSSR count). The summed E-state index contributed by atoms with van der Waals surface area (Å²) in [4.78, 5) is 14.7. The van der Waals surface area contributed by atoms with Crippen LogP contribution in [0.2, 0.25) is 0 Å². The molecule has 0 radical (unpaired) electrons. The third kappa shape index (κ3) is 3.90. The number of likely N-dealkylation sites (tertiary alicyclic amines) is 1. The van der Waals surface area contributed by atoms with Crippen molar-refractivity contribution in [2.24, 2.45) is 0 Å². The highest BCUT2D eigenvalue weighted by Gasteiger charge is 2.19. The van der Waals surface area contributed by atoms with Crippen LogP contribution in [0.5, 0.6) is 0 Å². The van der Waals surface area contributed by atoms with Crippen LogP contribution in [0.1, 0.15) is 29.4 Å². The molecule has 3 aromatic rings. The molecule has 1 fully saturated rings. The highest BCUT2D eigenvalue weighted by Crippen LogP contribution is 2.22. The number of amides is 1. The van der Waals surface area contributed by atoms with Crippen molar-refractivity contribution in [3.05, 3.63) is 54.1 Å². The van der Waals surface area contributed by atoms with E-state index in [9.17, 15) is 9.18 Å². The number of carbonyl (C=O) groups excluding carboxylic acids is 1. The van der Waals surface area contributed by atoms with Crippen LogP contribution in [0, 0.1) is 5.82 Å². The number of halogens is 1. The van der Waals surface area contributed by atoms with Gasteiger partial charge in [-0.15, -0.1) is 0 Å². The maximum atomic E-state index is 13.0. The van der Waals surface area contributed by atoms with Crippen LogP contribution < -0.4 is 5.32 Å². The molecule has 1 amide bonds. The fraction of sp³-hybridized carbons (Fsp3) is 0.316. The first-order valence-corrected chi connectivity index (χ1v) is 8.95. The molecule has 0 bridgehead atoms. The van der Waals surface area contributed by atoms with Gasteiger partial charge in [0.2, 0.25) is 0 Å². The summed E-state index contributed by atoms with van der Waals surface area (Å²) in [6.45, 7) is 2.10. The number of hydrogen-bond donors (Lipinski definition) is 2. The van der Waals surface area contributed by atoms with Gasteiger partial charge in [-0.3, -0.25) is 14.6 Å². The van der Waals surface area contributed by atoms with E-state index in [1.54, 1.807) is 24.3 Å². The van der Waals surface area contributed by atoms with E-state index in [2.05, 4.69) is 32.6 Å². The van der Waals surface area contributed by atoms with E-state index in [4.69, 9.17) is 0 Å². The number of nitrogens with one attached hydrogen (secondary N) is 2. The van der Waals surface area contributed by atoms with Crippen molar-refractivity contribution in [3.8, 4) is 11.3 Å². The molecular weight excluding hydrogens is 347 g/mol. The van der Waals surface area contributed by atoms with E-state index < -0.39 is 0 Å². The maximum Gasteiger partial charge on any atom is 0.274 e. The number of H-pyrrole nitrogens is 1. The Labute approximate surface area is 156 Å². The number of anilines is 1. The first kappa shape index (κ1) is 17.4. The zero-order chi connectivity index (χ0) is 18.8. The lowest BCUT2D eigenvalue weighted by Crippen LogP contribution is -2.31. The summed E-state index contributed by atoms with van der Waals surface area (Å²) in [5, 5.41) is 14.1. The summed E-state index contributed by atoms with van der Waals surface area (Å²) < 4.78 is 15.0. The molecule has 0 aliphatic carbocycles. The minimum Gasteiger partial charge on any atom is -0.306 e. The predicted molar refractivity (Wildman–Crippen MR) is 99.9 cm³/mol. The van der Waals surface area contributed by atoms with Crippen molar-refractivity contribution in [2.45, 2.75) is 18.9 Å². The van der Waals surface area contributed by atoms with Gasteiger partial charge in [-0.1, -0.05) is 0 Å². The van der Waals surface area contributed by atoms with E-state index in [-0.39, 0.29) is 11.7 Å². The molecule has 1 aliphatic heterocycles. The molecule has 0 atom stereocenters. The van der Waals surface area contributed by atoms with Gasteiger partial charge in [0.25, 0.3) is 5.91 Å². The van der Waals surface area contributed by atoms with Crippen LogP contribution >= 0.6 is 0 Å². The van der Waals surface area contributed by atoms with Crippen LogP contribution in [0.4, 0.5) is 10.2 Å². The average Bonchev–Trinajstić information content (AvgIpc) is 3.33.